The molecule has 1 aliphatic rings. The summed E-state index contributed by atoms with van der Waals surface area (Å²) in [4.78, 5) is 24.8. The second kappa shape index (κ2) is 8.51. The molecule has 148 valence electrons. The van der Waals surface area contributed by atoms with Crippen molar-refractivity contribution < 1.29 is 33.3 Å². The first kappa shape index (κ1) is 19.3. The maximum absolute atomic E-state index is 12.4. The van der Waals surface area contributed by atoms with Gasteiger partial charge in [0.25, 0.3) is 5.91 Å². The smallest absolute Gasteiger partial charge is 0.339 e. The normalized spacial score (nSPS) is 13.2. The Morgan fingerprint density at radius 2 is 1.61 bits per heavy atom. The van der Waals surface area contributed by atoms with Crippen LogP contribution < -0.4 is 24.3 Å². The van der Waals surface area contributed by atoms with E-state index in [4.69, 9.17) is 23.7 Å². The number of esters is 1. The molecule has 28 heavy (non-hydrogen) atoms. The Kier molecular flexibility index (Phi) is 5.88. The quantitative estimate of drug-likeness (QED) is 0.762. The predicted molar refractivity (Wildman–Crippen MR) is 100 cm³/mol. The first-order chi connectivity index (χ1) is 13.5. The molecule has 0 aliphatic carbocycles. The highest BCUT2D eigenvalue weighted by Crippen LogP contribution is 2.31. The monoisotopic (exact) mass is 387 g/mol. The van der Waals surface area contributed by atoms with Crippen molar-refractivity contribution in [3.63, 3.8) is 0 Å². The van der Waals surface area contributed by atoms with Crippen molar-refractivity contribution in [2.45, 2.75) is 13.0 Å². The Hall–Kier alpha value is -3.42. The fraction of sp³-hybridized carbons (Fsp3) is 0.300. The van der Waals surface area contributed by atoms with Gasteiger partial charge in [0, 0.05) is 23.9 Å². The molecule has 1 heterocycles. The van der Waals surface area contributed by atoms with Gasteiger partial charge < -0.3 is 29.0 Å². The van der Waals surface area contributed by atoms with Gasteiger partial charge in [0.05, 0.1) is 19.8 Å². The minimum Gasteiger partial charge on any atom is -0.497 e. The average Bonchev–Trinajstić information content (AvgIpc) is 2.72. The molecule has 0 bridgehead atoms. The molecule has 1 atom stereocenters. The number of methoxy groups -OCH3 is 2. The summed E-state index contributed by atoms with van der Waals surface area (Å²) in [5.74, 6) is 0.969. The third-order valence-corrected chi connectivity index (χ3v) is 4.05. The van der Waals surface area contributed by atoms with Crippen LogP contribution in [-0.4, -0.2) is 45.4 Å². The number of amides is 1. The molecule has 1 N–H and O–H groups in total. The number of hydrogen-bond acceptors (Lipinski definition) is 7. The van der Waals surface area contributed by atoms with Crippen molar-refractivity contribution >= 4 is 17.6 Å². The van der Waals surface area contributed by atoms with E-state index in [-0.39, 0.29) is 5.56 Å². The molecule has 8 heteroatoms. The van der Waals surface area contributed by atoms with Crippen LogP contribution >= 0.6 is 0 Å². The van der Waals surface area contributed by atoms with Crippen LogP contribution in [0.5, 0.6) is 23.0 Å². The maximum atomic E-state index is 12.4. The zero-order chi connectivity index (χ0) is 20.1. The van der Waals surface area contributed by atoms with Gasteiger partial charge in [-0.15, -0.1) is 0 Å². The van der Waals surface area contributed by atoms with Gasteiger partial charge in [-0.2, -0.15) is 0 Å². The third kappa shape index (κ3) is 4.46. The molecule has 0 aromatic heterocycles. The van der Waals surface area contributed by atoms with Gasteiger partial charge >= 0.3 is 5.97 Å². The Morgan fingerprint density at radius 3 is 2.25 bits per heavy atom. The lowest BCUT2D eigenvalue weighted by Gasteiger charge is -2.19. The largest absolute Gasteiger partial charge is 0.497 e. The molecular formula is C20H21NO7. The zero-order valence-corrected chi connectivity index (χ0v) is 15.8. The second-order valence-electron chi connectivity index (χ2n) is 6.00. The lowest BCUT2D eigenvalue weighted by atomic mass is 10.2. The van der Waals surface area contributed by atoms with Crippen molar-refractivity contribution in [3.8, 4) is 23.0 Å². The van der Waals surface area contributed by atoms with Crippen LogP contribution in [-0.2, 0) is 9.53 Å². The fourth-order valence-corrected chi connectivity index (χ4v) is 2.58. The van der Waals surface area contributed by atoms with Gasteiger partial charge in [-0.1, -0.05) is 0 Å². The minimum atomic E-state index is -1.02. The van der Waals surface area contributed by atoms with E-state index in [1.807, 2.05) is 0 Å². The average molecular weight is 387 g/mol. The number of fused-ring (bicyclic) bond motifs is 1. The number of nitrogens with one attached hydrogen (secondary N) is 1. The van der Waals surface area contributed by atoms with Crippen molar-refractivity contribution in [2.75, 3.05) is 32.8 Å². The number of rotatable bonds is 6. The van der Waals surface area contributed by atoms with Crippen LogP contribution in [0.3, 0.4) is 0 Å². The summed E-state index contributed by atoms with van der Waals surface area (Å²) in [6.45, 7) is 2.36. The number of hydrogen-bond donors (Lipinski definition) is 1. The Balaban J connectivity index is 1.65. The number of ether oxygens (including phenoxy) is 5. The third-order valence-electron chi connectivity index (χ3n) is 4.05. The Morgan fingerprint density at radius 1 is 0.964 bits per heavy atom. The molecular weight excluding hydrogens is 366 g/mol. The standard InChI is InChI=1S/C20H21NO7/c1-12(19(22)21-14-9-15(24-2)11-16(10-14)25-3)28-20(23)13-4-5-17-18(8-13)27-7-6-26-17/h4-5,8-12H,6-7H2,1-3H3,(H,21,22). The molecule has 1 aliphatic heterocycles. The second-order valence-corrected chi connectivity index (χ2v) is 6.00. The van der Waals surface area contributed by atoms with Crippen LogP contribution in [0.15, 0.2) is 36.4 Å². The van der Waals surface area contributed by atoms with Crippen molar-refractivity contribution in [3.05, 3.63) is 42.0 Å². The highest BCUT2D eigenvalue weighted by molar-refractivity contribution is 5.97. The van der Waals surface area contributed by atoms with Crippen LogP contribution in [0.4, 0.5) is 5.69 Å². The van der Waals surface area contributed by atoms with Crippen molar-refractivity contribution in [2.24, 2.45) is 0 Å². The highest BCUT2D eigenvalue weighted by atomic mass is 16.6. The summed E-state index contributed by atoms with van der Waals surface area (Å²) in [5, 5.41) is 2.68. The van der Waals surface area contributed by atoms with E-state index in [0.29, 0.717) is 41.9 Å². The Labute approximate surface area is 162 Å². The lowest BCUT2D eigenvalue weighted by molar-refractivity contribution is -0.123. The fourth-order valence-electron chi connectivity index (χ4n) is 2.58. The van der Waals surface area contributed by atoms with Gasteiger partial charge in [-0.05, 0) is 25.1 Å². The molecule has 1 amide bonds. The van der Waals surface area contributed by atoms with Crippen molar-refractivity contribution in [1.82, 2.24) is 0 Å². The van der Waals surface area contributed by atoms with Gasteiger partial charge in [-0.3, -0.25) is 4.79 Å². The van der Waals surface area contributed by atoms with Gasteiger partial charge in [0.2, 0.25) is 0 Å². The molecule has 3 rings (SSSR count). The SMILES string of the molecule is COc1cc(NC(=O)C(C)OC(=O)c2ccc3c(c2)OCCO3)cc(OC)c1. The summed E-state index contributed by atoms with van der Waals surface area (Å²) in [5.41, 5.74) is 0.732. The minimum absolute atomic E-state index is 0.270. The van der Waals surface area contributed by atoms with Crippen LogP contribution in [0.2, 0.25) is 0 Å². The molecule has 2 aromatic carbocycles. The molecule has 0 radical (unpaired) electrons. The lowest BCUT2D eigenvalue weighted by Crippen LogP contribution is -2.30. The molecule has 0 saturated carbocycles. The highest BCUT2D eigenvalue weighted by Gasteiger charge is 2.21. The van der Waals surface area contributed by atoms with Gasteiger partial charge in [-0.25, -0.2) is 4.79 Å². The van der Waals surface area contributed by atoms with E-state index >= 15 is 0 Å². The maximum Gasteiger partial charge on any atom is 0.339 e. The predicted octanol–water partition coefficient (Wildman–Crippen LogP) is 2.66. The van der Waals surface area contributed by atoms with E-state index in [2.05, 4.69) is 5.32 Å². The van der Waals surface area contributed by atoms with Crippen molar-refractivity contribution in [1.29, 1.82) is 0 Å². The molecule has 8 nitrogen and oxygen atoms in total. The summed E-state index contributed by atoms with van der Waals surface area (Å²) < 4.78 is 26.5. The summed E-state index contributed by atoms with van der Waals surface area (Å²) in [7, 11) is 3.02. The molecule has 1 unspecified atom stereocenters. The first-order valence-corrected chi connectivity index (χ1v) is 8.64. The number of carbonyl (C=O) groups excluding carboxylic acids is 2. The molecule has 0 fully saturated rings. The number of carbonyl (C=O) groups is 2. The first-order valence-electron chi connectivity index (χ1n) is 8.64. The van der Waals surface area contributed by atoms with Gasteiger partial charge in [0.15, 0.2) is 17.6 Å². The van der Waals surface area contributed by atoms with Crippen LogP contribution in [0, 0.1) is 0 Å². The molecule has 2 aromatic rings. The van der Waals surface area contributed by atoms with E-state index in [9.17, 15) is 9.59 Å². The molecule has 0 spiro atoms. The molecule has 0 saturated heterocycles. The van der Waals surface area contributed by atoms with E-state index in [0.717, 1.165) is 0 Å². The summed E-state index contributed by atoms with van der Waals surface area (Å²) >= 11 is 0. The Bertz CT molecular complexity index is 859. The topological polar surface area (TPSA) is 92.3 Å². The van der Waals surface area contributed by atoms with E-state index < -0.39 is 18.0 Å². The van der Waals surface area contributed by atoms with Crippen LogP contribution in [0.1, 0.15) is 17.3 Å². The van der Waals surface area contributed by atoms with E-state index in [1.54, 1.807) is 30.3 Å². The van der Waals surface area contributed by atoms with E-state index in [1.165, 1.54) is 27.2 Å². The zero-order valence-electron chi connectivity index (χ0n) is 15.8. The number of anilines is 1. The summed E-state index contributed by atoms with van der Waals surface area (Å²) in [6, 6.07) is 9.69. The van der Waals surface area contributed by atoms with Crippen LogP contribution in [0.25, 0.3) is 0 Å². The number of benzene rings is 2. The van der Waals surface area contributed by atoms with Gasteiger partial charge in [0.1, 0.15) is 24.7 Å². The summed E-state index contributed by atoms with van der Waals surface area (Å²) in [6.07, 6.45) is -1.02.